The van der Waals surface area contributed by atoms with Crippen LogP contribution in [0.3, 0.4) is 0 Å². The van der Waals surface area contributed by atoms with Crippen LogP contribution in [0.15, 0.2) is 72.8 Å². The van der Waals surface area contributed by atoms with Crippen LogP contribution in [0, 0.1) is 13.8 Å². The highest BCUT2D eigenvalue weighted by molar-refractivity contribution is 5.76. The number of ether oxygens (including phenoxy) is 2. The first-order valence-electron chi connectivity index (χ1n) is 11.0. The highest BCUT2D eigenvalue weighted by Gasteiger charge is 2.18. The normalized spacial score (nSPS) is 12.1. The summed E-state index contributed by atoms with van der Waals surface area (Å²) in [6.45, 7) is 7.86. The van der Waals surface area contributed by atoms with Gasteiger partial charge in [-0.3, -0.25) is 0 Å². The van der Waals surface area contributed by atoms with Gasteiger partial charge >= 0.3 is 0 Å². The smallest absolute Gasteiger partial charge is 0.153 e. The van der Waals surface area contributed by atoms with Crippen LogP contribution in [0.2, 0.25) is 0 Å². The largest absolute Gasteiger partial charge is 0.493 e. The lowest BCUT2D eigenvalue weighted by atomic mass is 10.1. The van der Waals surface area contributed by atoms with E-state index in [0.29, 0.717) is 6.61 Å². The maximum Gasteiger partial charge on any atom is 0.153 e. The highest BCUT2D eigenvalue weighted by atomic mass is 16.5. The van der Waals surface area contributed by atoms with Crippen molar-refractivity contribution >= 4 is 11.0 Å². The number of unbranched alkanes of at least 4 members (excludes halogenated alkanes) is 1. The molecule has 1 unspecified atom stereocenters. The zero-order valence-corrected chi connectivity index (χ0v) is 18.5. The summed E-state index contributed by atoms with van der Waals surface area (Å²) in [6, 6.07) is 24.5. The Morgan fingerprint density at radius 1 is 0.903 bits per heavy atom. The SMILES string of the molecule is Cc1ccc(OCCCCn2c(C(C)Oc3ccccc3)nc3ccccc32)c(C)c1. The first-order chi connectivity index (χ1) is 15.1. The van der Waals surface area contributed by atoms with Gasteiger partial charge in [0.25, 0.3) is 0 Å². The second-order valence-electron chi connectivity index (χ2n) is 8.01. The molecule has 0 amide bonds. The number of hydrogen-bond acceptors (Lipinski definition) is 3. The third-order valence-corrected chi connectivity index (χ3v) is 5.47. The minimum Gasteiger partial charge on any atom is -0.493 e. The first kappa shape index (κ1) is 21.0. The van der Waals surface area contributed by atoms with Crippen LogP contribution in [0.5, 0.6) is 11.5 Å². The molecule has 0 bridgehead atoms. The molecule has 4 aromatic rings. The van der Waals surface area contributed by atoms with Crippen LogP contribution < -0.4 is 9.47 Å². The molecule has 31 heavy (non-hydrogen) atoms. The van der Waals surface area contributed by atoms with Gasteiger partial charge in [0.15, 0.2) is 11.9 Å². The lowest BCUT2D eigenvalue weighted by Crippen LogP contribution is -2.12. The van der Waals surface area contributed by atoms with E-state index in [2.05, 4.69) is 61.7 Å². The summed E-state index contributed by atoms with van der Waals surface area (Å²) in [5, 5.41) is 0. The third-order valence-electron chi connectivity index (χ3n) is 5.47. The lowest BCUT2D eigenvalue weighted by Gasteiger charge is -2.17. The van der Waals surface area contributed by atoms with Crippen molar-refractivity contribution in [2.24, 2.45) is 0 Å². The Bertz CT molecular complexity index is 1130. The second-order valence-corrected chi connectivity index (χ2v) is 8.01. The zero-order chi connectivity index (χ0) is 21.6. The molecule has 1 aromatic heterocycles. The number of aromatic nitrogens is 2. The number of para-hydroxylation sites is 3. The molecule has 0 saturated carbocycles. The Balaban J connectivity index is 1.42. The fourth-order valence-corrected chi connectivity index (χ4v) is 3.91. The molecule has 4 nitrogen and oxygen atoms in total. The molecule has 0 N–H and O–H groups in total. The molecule has 0 aliphatic rings. The van der Waals surface area contributed by atoms with Crippen LogP contribution in [-0.2, 0) is 6.54 Å². The van der Waals surface area contributed by atoms with Crippen LogP contribution in [0.25, 0.3) is 11.0 Å². The van der Waals surface area contributed by atoms with E-state index in [1.54, 1.807) is 0 Å². The monoisotopic (exact) mass is 414 g/mol. The van der Waals surface area contributed by atoms with Crippen molar-refractivity contribution in [3.63, 3.8) is 0 Å². The Kier molecular flexibility index (Phi) is 6.56. The average Bonchev–Trinajstić information content (AvgIpc) is 3.14. The second kappa shape index (κ2) is 9.69. The van der Waals surface area contributed by atoms with Gasteiger partial charge in [-0.25, -0.2) is 4.98 Å². The molecule has 1 atom stereocenters. The third kappa shape index (κ3) is 5.08. The minimum absolute atomic E-state index is 0.138. The molecule has 4 heteroatoms. The average molecular weight is 415 g/mol. The van der Waals surface area contributed by atoms with E-state index >= 15 is 0 Å². The molecule has 1 heterocycles. The van der Waals surface area contributed by atoms with E-state index in [4.69, 9.17) is 14.5 Å². The lowest BCUT2D eigenvalue weighted by molar-refractivity contribution is 0.211. The summed E-state index contributed by atoms with van der Waals surface area (Å²) in [7, 11) is 0. The van der Waals surface area contributed by atoms with Gasteiger partial charge in [-0.05, 0) is 69.5 Å². The van der Waals surface area contributed by atoms with Gasteiger partial charge in [-0.15, -0.1) is 0 Å². The number of rotatable bonds is 9. The van der Waals surface area contributed by atoms with E-state index in [-0.39, 0.29) is 6.10 Å². The van der Waals surface area contributed by atoms with Crippen molar-refractivity contribution in [3.8, 4) is 11.5 Å². The van der Waals surface area contributed by atoms with Crippen molar-refractivity contribution in [3.05, 3.63) is 89.7 Å². The topological polar surface area (TPSA) is 36.3 Å². The molecule has 4 rings (SSSR count). The summed E-state index contributed by atoms with van der Waals surface area (Å²) in [5.41, 5.74) is 4.61. The van der Waals surface area contributed by atoms with Crippen LogP contribution in [-0.4, -0.2) is 16.2 Å². The number of nitrogens with zero attached hydrogens (tertiary/aromatic N) is 2. The molecule has 160 valence electrons. The number of fused-ring (bicyclic) bond motifs is 1. The van der Waals surface area contributed by atoms with Gasteiger partial charge in [0.1, 0.15) is 11.5 Å². The van der Waals surface area contributed by atoms with Crippen molar-refractivity contribution in [1.29, 1.82) is 0 Å². The van der Waals surface area contributed by atoms with E-state index in [1.807, 2.05) is 36.4 Å². The van der Waals surface area contributed by atoms with E-state index in [1.165, 1.54) is 11.1 Å². The molecule has 0 spiro atoms. The van der Waals surface area contributed by atoms with Crippen LogP contribution in [0.4, 0.5) is 0 Å². The van der Waals surface area contributed by atoms with Crippen molar-refractivity contribution in [1.82, 2.24) is 9.55 Å². The van der Waals surface area contributed by atoms with Crippen molar-refractivity contribution in [2.75, 3.05) is 6.61 Å². The summed E-state index contributed by atoms with van der Waals surface area (Å²) >= 11 is 0. The summed E-state index contributed by atoms with van der Waals surface area (Å²) in [6.07, 6.45) is 1.85. The van der Waals surface area contributed by atoms with Gasteiger partial charge in [0.2, 0.25) is 0 Å². The van der Waals surface area contributed by atoms with Crippen molar-refractivity contribution in [2.45, 2.75) is 46.3 Å². The molecule has 0 aliphatic carbocycles. The highest BCUT2D eigenvalue weighted by Crippen LogP contribution is 2.26. The number of aryl methyl sites for hydroxylation is 3. The van der Waals surface area contributed by atoms with E-state index in [9.17, 15) is 0 Å². The predicted molar refractivity (Wildman–Crippen MR) is 126 cm³/mol. The van der Waals surface area contributed by atoms with Gasteiger partial charge in [0, 0.05) is 6.54 Å². The molecule has 0 saturated heterocycles. The van der Waals surface area contributed by atoms with Crippen LogP contribution >= 0.6 is 0 Å². The minimum atomic E-state index is -0.138. The number of benzene rings is 3. The quantitative estimate of drug-likeness (QED) is 0.288. The first-order valence-corrected chi connectivity index (χ1v) is 11.0. The van der Waals surface area contributed by atoms with Crippen LogP contribution in [0.1, 0.15) is 42.8 Å². The van der Waals surface area contributed by atoms with Gasteiger partial charge in [-0.2, -0.15) is 0 Å². The van der Waals surface area contributed by atoms with Gasteiger partial charge in [0.05, 0.1) is 17.6 Å². The van der Waals surface area contributed by atoms with E-state index < -0.39 is 0 Å². The summed E-state index contributed by atoms with van der Waals surface area (Å²) in [4.78, 5) is 4.88. The summed E-state index contributed by atoms with van der Waals surface area (Å²) < 4.78 is 14.5. The zero-order valence-electron chi connectivity index (χ0n) is 18.5. The Hall–Kier alpha value is -3.27. The molecule has 3 aromatic carbocycles. The number of imidazole rings is 1. The molecular weight excluding hydrogens is 384 g/mol. The van der Waals surface area contributed by atoms with Gasteiger partial charge in [-0.1, -0.05) is 48.0 Å². The maximum absolute atomic E-state index is 6.17. The predicted octanol–water partition coefficient (Wildman–Crippen LogP) is 6.65. The Morgan fingerprint density at radius 3 is 2.48 bits per heavy atom. The Morgan fingerprint density at radius 2 is 1.68 bits per heavy atom. The fraction of sp³-hybridized carbons (Fsp3) is 0.296. The fourth-order valence-electron chi connectivity index (χ4n) is 3.91. The molecule has 0 radical (unpaired) electrons. The molecule has 0 aliphatic heterocycles. The maximum atomic E-state index is 6.17. The molecular formula is C27H30N2O2. The van der Waals surface area contributed by atoms with Gasteiger partial charge < -0.3 is 14.0 Å². The summed E-state index contributed by atoms with van der Waals surface area (Å²) in [5.74, 6) is 2.79. The number of hydrogen-bond donors (Lipinski definition) is 0. The molecule has 0 fully saturated rings. The standard InChI is InChI=1S/C27H30N2O2/c1-20-15-16-26(21(2)19-20)30-18-10-9-17-29-25-14-8-7-13-24(25)28-27(29)22(3)31-23-11-5-4-6-12-23/h4-8,11-16,19,22H,9-10,17-18H2,1-3H3. The van der Waals surface area contributed by atoms with E-state index in [0.717, 1.165) is 47.7 Å². The Labute approximate surface area is 184 Å². The van der Waals surface area contributed by atoms with Crippen molar-refractivity contribution < 1.29 is 9.47 Å².